The summed E-state index contributed by atoms with van der Waals surface area (Å²) < 4.78 is 0. The van der Waals surface area contributed by atoms with Gasteiger partial charge in [-0.25, -0.2) is 4.98 Å². The summed E-state index contributed by atoms with van der Waals surface area (Å²) in [5, 5.41) is 12.6. The highest BCUT2D eigenvalue weighted by Gasteiger charge is 2.16. The van der Waals surface area contributed by atoms with Gasteiger partial charge in [0.2, 0.25) is 5.82 Å². The normalized spacial score (nSPS) is 17.3. The van der Waals surface area contributed by atoms with Crippen LogP contribution in [0.1, 0.15) is 29.3 Å². The van der Waals surface area contributed by atoms with Crippen LogP contribution in [0.15, 0.2) is 0 Å². The van der Waals surface area contributed by atoms with Gasteiger partial charge in [0, 0.05) is 6.54 Å². The minimum atomic E-state index is -0.192. The molecule has 0 spiro atoms. The maximum absolute atomic E-state index is 11.6. The molecule has 0 radical (unpaired) electrons. The van der Waals surface area contributed by atoms with Crippen LogP contribution in [0.4, 0.5) is 0 Å². The molecule has 3 N–H and O–H groups in total. The Labute approximate surface area is 94.2 Å². The number of carbonyl (C=O) groups is 1. The Morgan fingerprint density at radius 3 is 2.88 bits per heavy atom. The fraction of sp³-hybridized carbons (Fsp3) is 0.700. The molecule has 0 unspecified atom stereocenters. The van der Waals surface area contributed by atoms with E-state index >= 15 is 0 Å². The highest BCUT2D eigenvalue weighted by Crippen LogP contribution is 2.09. The number of carbonyl (C=O) groups excluding carboxylic acids is 1. The maximum Gasteiger partial charge on any atom is 0.290 e. The van der Waals surface area contributed by atoms with Gasteiger partial charge in [0.25, 0.3) is 5.91 Å². The number of aryl methyl sites for hydroxylation is 1. The summed E-state index contributed by atoms with van der Waals surface area (Å²) in [6.45, 7) is 4.57. The summed E-state index contributed by atoms with van der Waals surface area (Å²) in [7, 11) is 0. The Bertz CT molecular complexity index is 356. The lowest BCUT2D eigenvalue weighted by molar-refractivity contribution is 0.0934. The summed E-state index contributed by atoms with van der Waals surface area (Å²) >= 11 is 0. The molecule has 1 aliphatic rings. The van der Waals surface area contributed by atoms with Crippen molar-refractivity contribution in [2.75, 3.05) is 19.6 Å². The first kappa shape index (κ1) is 11.1. The molecule has 1 aromatic heterocycles. The fourth-order valence-electron chi connectivity index (χ4n) is 1.85. The molecule has 2 rings (SSSR count). The summed E-state index contributed by atoms with van der Waals surface area (Å²) in [6, 6.07) is 0. The number of piperidine rings is 1. The van der Waals surface area contributed by atoms with Crippen molar-refractivity contribution < 1.29 is 4.79 Å². The molecule has 1 saturated heterocycles. The number of H-pyrrole nitrogens is 1. The van der Waals surface area contributed by atoms with Crippen molar-refractivity contribution in [3.8, 4) is 0 Å². The molecule has 88 valence electrons. The number of rotatable bonds is 3. The van der Waals surface area contributed by atoms with Crippen molar-refractivity contribution in [1.82, 2.24) is 25.8 Å². The Hall–Kier alpha value is -1.43. The SMILES string of the molecule is Cc1nc(C(=O)NCC2CCNCC2)n[nH]1. The Kier molecular flexibility index (Phi) is 3.51. The molecule has 2 heterocycles. The molecule has 0 bridgehead atoms. The van der Waals surface area contributed by atoms with Gasteiger partial charge in [0.15, 0.2) is 0 Å². The van der Waals surface area contributed by atoms with Crippen LogP contribution in [-0.4, -0.2) is 40.7 Å². The summed E-state index contributed by atoms with van der Waals surface area (Å²) in [5.41, 5.74) is 0. The molecule has 1 aromatic rings. The van der Waals surface area contributed by atoms with Gasteiger partial charge in [-0.15, -0.1) is 5.10 Å². The first-order valence-corrected chi connectivity index (χ1v) is 5.63. The molecule has 0 aliphatic carbocycles. The monoisotopic (exact) mass is 223 g/mol. The van der Waals surface area contributed by atoms with Crippen LogP contribution in [0.5, 0.6) is 0 Å². The van der Waals surface area contributed by atoms with Gasteiger partial charge in [0.1, 0.15) is 5.82 Å². The number of hydrogen-bond acceptors (Lipinski definition) is 4. The lowest BCUT2D eigenvalue weighted by Gasteiger charge is -2.22. The molecule has 1 amide bonds. The van der Waals surface area contributed by atoms with E-state index in [0.717, 1.165) is 25.9 Å². The molecular weight excluding hydrogens is 206 g/mol. The van der Waals surface area contributed by atoms with Gasteiger partial charge >= 0.3 is 0 Å². The van der Waals surface area contributed by atoms with Crippen molar-refractivity contribution >= 4 is 5.91 Å². The summed E-state index contributed by atoms with van der Waals surface area (Å²) in [6.07, 6.45) is 2.24. The first-order valence-electron chi connectivity index (χ1n) is 5.63. The average Bonchev–Trinajstić information content (AvgIpc) is 2.74. The quantitative estimate of drug-likeness (QED) is 0.665. The highest BCUT2D eigenvalue weighted by atomic mass is 16.2. The van der Waals surface area contributed by atoms with E-state index in [0.29, 0.717) is 18.3 Å². The van der Waals surface area contributed by atoms with E-state index in [1.54, 1.807) is 6.92 Å². The number of aromatic nitrogens is 3. The van der Waals surface area contributed by atoms with Gasteiger partial charge in [-0.05, 0) is 38.8 Å². The van der Waals surface area contributed by atoms with Crippen LogP contribution in [0, 0.1) is 12.8 Å². The second kappa shape index (κ2) is 5.07. The van der Waals surface area contributed by atoms with Crippen LogP contribution in [-0.2, 0) is 0 Å². The molecule has 0 atom stereocenters. The lowest BCUT2D eigenvalue weighted by atomic mass is 9.98. The highest BCUT2D eigenvalue weighted by molar-refractivity contribution is 5.90. The third kappa shape index (κ3) is 2.79. The van der Waals surface area contributed by atoms with Crippen molar-refractivity contribution in [3.05, 3.63) is 11.6 Å². The van der Waals surface area contributed by atoms with Gasteiger partial charge in [-0.1, -0.05) is 0 Å². The predicted molar refractivity (Wildman–Crippen MR) is 59.0 cm³/mol. The predicted octanol–water partition coefficient (Wildman–Crippen LogP) is -0.157. The topological polar surface area (TPSA) is 82.7 Å². The molecule has 0 aromatic carbocycles. The number of amides is 1. The van der Waals surface area contributed by atoms with E-state index in [4.69, 9.17) is 0 Å². The van der Waals surface area contributed by atoms with Gasteiger partial charge in [-0.3, -0.25) is 9.89 Å². The van der Waals surface area contributed by atoms with Crippen molar-refractivity contribution in [1.29, 1.82) is 0 Å². The molecule has 6 nitrogen and oxygen atoms in total. The molecular formula is C10H17N5O. The molecule has 6 heteroatoms. The van der Waals surface area contributed by atoms with Crippen molar-refractivity contribution in [3.63, 3.8) is 0 Å². The number of hydrogen-bond donors (Lipinski definition) is 3. The van der Waals surface area contributed by atoms with Gasteiger partial charge < -0.3 is 10.6 Å². The largest absolute Gasteiger partial charge is 0.349 e. The van der Waals surface area contributed by atoms with Crippen molar-refractivity contribution in [2.24, 2.45) is 5.92 Å². The molecule has 1 fully saturated rings. The van der Waals surface area contributed by atoms with Gasteiger partial charge in [0.05, 0.1) is 0 Å². The third-order valence-electron chi connectivity index (χ3n) is 2.81. The second-order valence-corrected chi connectivity index (χ2v) is 4.15. The Morgan fingerprint density at radius 1 is 1.50 bits per heavy atom. The number of nitrogens with zero attached hydrogens (tertiary/aromatic N) is 2. The molecule has 16 heavy (non-hydrogen) atoms. The molecule has 1 aliphatic heterocycles. The second-order valence-electron chi connectivity index (χ2n) is 4.15. The van der Waals surface area contributed by atoms with Crippen molar-refractivity contribution in [2.45, 2.75) is 19.8 Å². The Morgan fingerprint density at radius 2 is 2.25 bits per heavy atom. The van der Waals surface area contributed by atoms with Gasteiger partial charge in [-0.2, -0.15) is 0 Å². The van der Waals surface area contributed by atoms with E-state index in [1.165, 1.54) is 0 Å². The summed E-state index contributed by atoms with van der Waals surface area (Å²) in [4.78, 5) is 15.6. The fourth-order valence-corrected chi connectivity index (χ4v) is 1.85. The molecule has 0 saturated carbocycles. The van der Waals surface area contributed by atoms with Crippen LogP contribution in [0.2, 0.25) is 0 Å². The minimum absolute atomic E-state index is 0.192. The zero-order valence-corrected chi connectivity index (χ0v) is 9.42. The maximum atomic E-state index is 11.6. The zero-order valence-electron chi connectivity index (χ0n) is 9.42. The number of nitrogens with one attached hydrogen (secondary N) is 3. The minimum Gasteiger partial charge on any atom is -0.349 e. The number of aromatic amines is 1. The van der Waals surface area contributed by atoms with Crippen LogP contribution < -0.4 is 10.6 Å². The van der Waals surface area contributed by atoms with E-state index in [9.17, 15) is 4.79 Å². The zero-order chi connectivity index (χ0) is 11.4. The third-order valence-corrected chi connectivity index (χ3v) is 2.81. The van der Waals surface area contributed by atoms with E-state index in [-0.39, 0.29) is 11.7 Å². The van der Waals surface area contributed by atoms with E-state index in [2.05, 4.69) is 25.8 Å². The van der Waals surface area contributed by atoms with Crippen LogP contribution >= 0.6 is 0 Å². The van der Waals surface area contributed by atoms with E-state index < -0.39 is 0 Å². The Balaban J connectivity index is 1.79. The standard InChI is InChI=1S/C10H17N5O/c1-7-13-9(15-14-7)10(16)12-6-8-2-4-11-5-3-8/h8,11H,2-6H2,1H3,(H,12,16)(H,13,14,15). The average molecular weight is 223 g/mol. The lowest BCUT2D eigenvalue weighted by Crippen LogP contribution is -2.36. The first-order chi connectivity index (χ1) is 7.75. The summed E-state index contributed by atoms with van der Waals surface area (Å²) in [5.74, 6) is 1.27. The van der Waals surface area contributed by atoms with E-state index in [1.807, 2.05) is 0 Å². The van der Waals surface area contributed by atoms with Crippen LogP contribution in [0.25, 0.3) is 0 Å². The smallest absolute Gasteiger partial charge is 0.290 e. The van der Waals surface area contributed by atoms with Crippen LogP contribution in [0.3, 0.4) is 0 Å².